The zero-order chi connectivity index (χ0) is 11.3. The van der Waals surface area contributed by atoms with Crippen molar-refractivity contribution in [3.63, 3.8) is 0 Å². The van der Waals surface area contributed by atoms with Gasteiger partial charge in [0, 0.05) is 5.69 Å². The number of carboxylic acid groups (broad SMARTS) is 1. The van der Waals surface area contributed by atoms with Crippen molar-refractivity contribution >= 4 is 41.5 Å². The molecule has 0 aromatic heterocycles. The minimum absolute atomic E-state index is 0.0816. The standard InChI is InChI=1S/C10H11NO2S2/c12-9(13)6-8(14)10(15)11-7-4-2-1-3-5-7/h1-5,8,14H,6H2,(H,11,15)(H,12,13). The third kappa shape index (κ3) is 4.31. The number of carboxylic acids is 1. The SMILES string of the molecule is O=C(O)CC(S)C(=S)Nc1ccccc1. The van der Waals surface area contributed by atoms with Crippen LogP contribution in [0.25, 0.3) is 0 Å². The molecular formula is C10H11NO2S2. The number of carbonyl (C=O) groups is 1. The van der Waals surface area contributed by atoms with E-state index < -0.39 is 11.2 Å². The second-order valence-corrected chi connectivity index (χ2v) is 4.03. The van der Waals surface area contributed by atoms with Gasteiger partial charge in [-0.2, -0.15) is 12.6 Å². The lowest BCUT2D eigenvalue weighted by Crippen LogP contribution is -2.23. The molecule has 2 N–H and O–H groups in total. The first-order valence-corrected chi connectivity index (χ1v) is 5.28. The Morgan fingerprint density at radius 3 is 2.60 bits per heavy atom. The monoisotopic (exact) mass is 241 g/mol. The van der Waals surface area contributed by atoms with Gasteiger partial charge in [-0.15, -0.1) is 0 Å². The van der Waals surface area contributed by atoms with Crippen molar-refractivity contribution in [3.05, 3.63) is 30.3 Å². The zero-order valence-corrected chi connectivity index (χ0v) is 9.59. The van der Waals surface area contributed by atoms with E-state index in [1.807, 2.05) is 30.3 Å². The van der Waals surface area contributed by atoms with Crippen molar-refractivity contribution in [2.24, 2.45) is 0 Å². The Bertz CT molecular complexity index is 354. The zero-order valence-electron chi connectivity index (χ0n) is 7.88. The molecular weight excluding hydrogens is 230 g/mol. The number of hydrogen-bond donors (Lipinski definition) is 3. The lowest BCUT2D eigenvalue weighted by Gasteiger charge is -2.12. The van der Waals surface area contributed by atoms with Crippen LogP contribution in [0.4, 0.5) is 5.69 Å². The van der Waals surface area contributed by atoms with Crippen LogP contribution in [0.15, 0.2) is 30.3 Å². The summed E-state index contributed by atoms with van der Waals surface area (Å²) in [6.07, 6.45) is -0.0816. The molecule has 0 spiro atoms. The molecule has 0 saturated carbocycles. The molecule has 0 aliphatic heterocycles. The van der Waals surface area contributed by atoms with Crippen LogP contribution in [0, 0.1) is 0 Å². The summed E-state index contributed by atoms with van der Waals surface area (Å²) in [7, 11) is 0. The molecule has 0 bridgehead atoms. The number of anilines is 1. The van der Waals surface area contributed by atoms with Crippen LogP contribution in [0.2, 0.25) is 0 Å². The Hall–Kier alpha value is -1.07. The summed E-state index contributed by atoms with van der Waals surface area (Å²) in [5.41, 5.74) is 0.840. The first kappa shape index (κ1) is 12.0. The molecule has 3 nitrogen and oxygen atoms in total. The van der Waals surface area contributed by atoms with Crippen molar-refractivity contribution in [2.45, 2.75) is 11.7 Å². The first-order chi connectivity index (χ1) is 7.09. The van der Waals surface area contributed by atoms with Crippen molar-refractivity contribution in [2.75, 3.05) is 5.32 Å². The highest BCUT2D eigenvalue weighted by Gasteiger charge is 2.13. The van der Waals surface area contributed by atoms with Crippen LogP contribution < -0.4 is 5.32 Å². The number of aliphatic carboxylic acids is 1. The van der Waals surface area contributed by atoms with Gasteiger partial charge in [0.25, 0.3) is 0 Å². The van der Waals surface area contributed by atoms with E-state index in [1.165, 1.54) is 0 Å². The highest BCUT2D eigenvalue weighted by molar-refractivity contribution is 7.86. The summed E-state index contributed by atoms with van der Waals surface area (Å²) in [5.74, 6) is -0.910. The third-order valence-electron chi connectivity index (χ3n) is 1.71. The predicted octanol–water partition coefficient (Wildman–Crippen LogP) is 2.20. The maximum Gasteiger partial charge on any atom is 0.304 e. The van der Waals surface area contributed by atoms with Crippen molar-refractivity contribution in [1.82, 2.24) is 0 Å². The quantitative estimate of drug-likeness (QED) is 0.559. The summed E-state index contributed by atoms with van der Waals surface area (Å²) in [4.78, 5) is 10.9. The molecule has 0 fully saturated rings. The van der Waals surface area contributed by atoms with Crippen molar-refractivity contribution < 1.29 is 9.90 Å². The fourth-order valence-corrected chi connectivity index (χ4v) is 1.43. The molecule has 0 aliphatic carbocycles. The van der Waals surface area contributed by atoms with E-state index in [2.05, 4.69) is 17.9 Å². The summed E-state index contributed by atoms with van der Waals surface area (Å²) in [6.45, 7) is 0. The van der Waals surface area contributed by atoms with E-state index in [9.17, 15) is 4.79 Å². The van der Waals surface area contributed by atoms with Gasteiger partial charge in [0.05, 0.1) is 16.7 Å². The van der Waals surface area contributed by atoms with E-state index >= 15 is 0 Å². The van der Waals surface area contributed by atoms with Gasteiger partial charge < -0.3 is 10.4 Å². The lowest BCUT2D eigenvalue weighted by atomic mass is 10.2. The Kier molecular flexibility index (Phi) is 4.58. The minimum Gasteiger partial charge on any atom is -0.481 e. The Morgan fingerprint density at radius 2 is 2.07 bits per heavy atom. The number of thiol groups is 1. The normalized spacial score (nSPS) is 11.8. The summed E-state index contributed by atoms with van der Waals surface area (Å²) in [5, 5.41) is 11.0. The Morgan fingerprint density at radius 1 is 1.47 bits per heavy atom. The maximum absolute atomic E-state index is 10.4. The Labute approximate surface area is 98.9 Å². The Balaban J connectivity index is 2.52. The van der Waals surface area contributed by atoms with E-state index in [-0.39, 0.29) is 6.42 Å². The molecule has 80 valence electrons. The first-order valence-electron chi connectivity index (χ1n) is 4.35. The van der Waals surface area contributed by atoms with Crippen LogP contribution in [-0.4, -0.2) is 21.3 Å². The fourth-order valence-electron chi connectivity index (χ4n) is 1.01. The van der Waals surface area contributed by atoms with Gasteiger partial charge in [-0.25, -0.2) is 0 Å². The highest BCUT2D eigenvalue weighted by atomic mass is 32.1. The second kappa shape index (κ2) is 5.72. The maximum atomic E-state index is 10.4. The smallest absolute Gasteiger partial charge is 0.304 e. The number of rotatable bonds is 4. The van der Waals surface area contributed by atoms with E-state index in [1.54, 1.807) is 0 Å². The predicted molar refractivity (Wildman–Crippen MR) is 67.7 cm³/mol. The minimum atomic E-state index is -0.910. The van der Waals surface area contributed by atoms with Crippen LogP contribution in [0.1, 0.15) is 6.42 Å². The van der Waals surface area contributed by atoms with Gasteiger partial charge in [-0.05, 0) is 12.1 Å². The van der Waals surface area contributed by atoms with Crippen molar-refractivity contribution in [3.8, 4) is 0 Å². The molecule has 0 aliphatic rings. The van der Waals surface area contributed by atoms with Crippen LogP contribution in [0.3, 0.4) is 0 Å². The average molecular weight is 241 g/mol. The molecule has 1 unspecified atom stereocenters. The lowest BCUT2D eigenvalue weighted by molar-refractivity contribution is -0.136. The van der Waals surface area contributed by atoms with Crippen molar-refractivity contribution in [1.29, 1.82) is 0 Å². The third-order valence-corrected chi connectivity index (χ3v) is 2.71. The van der Waals surface area contributed by atoms with Gasteiger partial charge in [0.15, 0.2) is 0 Å². The van der Waals surface area contributed by atoms with Gasteiger partial charge in [0.2, 0.25) is 0 Å². The van der Waals surface area contributed by atoms with Gasteiger partial charge in [-0.1, -0.05) is 30.4 Å². The molecule has 5 heteroatoms. The molecule has 1 aromatic rings. The molecule has 15 heavy (non-hydrogen) atoms. The number of thiocarbonyl (C=S) groups is 1. The van der Waals surface area contributed by atoms with E-state index in [0.29, 0.717) is 4.99 Å². The van der Waals surface area contributed by atoms with Crippen LogP contribution in [0.5, 0.6) is 0 Å². The molecule has 0 radical (unpaired) electrons. The molecule has 1 atom stereocenters. The number of para-hydroxylation sites is 1. The van der Waals surface area contributed by atoms with Crippen LogP contribution in [-0.2, 0) is 4.79 Å². The highest BCUT2D eigenvalue weighted by Crippen LogP contribution is 2.10. The van der Waals surface area contributed by atoms with Gasteiger partial charge >= 0.3 is 5.97 Å². The van der Waals surface area contributed by atoms with Crippen LogP contribution >= 0.6 is 24.8 Å². The molecule has 0 saturated heterocycles. The molecule has 0 amide bonds. The second-order valence-electron chi connectivity index (χ2n) is 2.97. The van der Waals surface area contributed by atoms with Gasteiger partial charge in [-0.3, -0.25) is 4.79 Å². The van der Waals surface area contributed by atoms with E-state index in [0.717, 1.165) is 5.69 Å². The number of nitrogens with one attached hydrogen (secondary N) is 1. The average Bonchev–Trinajstić information content (AvgIpc) is 2.18. The summed E-state index contributed by atoms with van der Waals surface area (Å²) in [6, 6.07) is 9.34. The molecule has 0 heterocycles. The van der Waals surface area contributed by atoms with Gasteiger partial charge in [0.1, 0.15) is 0 Å². The topological polar surface area (TPSA) is 49.3 Å². The number of hydrogen-bond acceptors (Lipinski definition) is 3. The summed E-state index contributed by atoms with van der Waals surface area (Å²) < 4.78 is 0. The number of benzene rings is 1. The summed E-state index contributed by atoms with van der Waals surface area (Å²) >= 11 is 9.14. The van der Waals surface area contributed by atoms with E-state index in [4.69, 9.17) is 17.3 Å². The largest absolute Gasteiger partial charge is 0.481 e. The molecule has 1 rings (SSSR count). The fraction of sp³-hybridized carbons (Fsp3) is 0.200. The molecule has 1 aromatic carbocycles.